The normalized spacial score (nSPS) is 21.2. The summed E-state index contributed by atoms with van der Waals surface area (Å²) < 4.78 is 17.3. The number of nitrogens with zero attached hydrogens (tertiary/aromatic N) is 2. The first-order valence-electron chi connectivity index (χ1n) is 15.4. The van der Waals surface area contributed by atoms with E-state index in [-0.39, 0.29) is 18.1 Å². The number of aryl methyl sites for hydroxylation is 1. The van der Waals surface area contributed by atoms with Crippen molar-refractivity contribution in [3.63, 3.8) is 0 Å². The lowest BCUT2D eigenvalue weighted by atomic mass is 9.71. The standard InChI is InChI=1S/C33H47N3O6/c1-5-41-29-20-27(21-30(24(29)3)42-6-2)25(4)36(15-11-10-14-26-12-8-7-9-13-26)32(39)34-33(31(37)38)22-28(23-33)35-16-18-40-19-17-35/h7-9,12-13,20-21,25,28H,5-6,10-11,14-19,22-23H2,1-4H3,(H,34,39)(H,37,38)/t25-,28?,33?/m1/s1. The number of morpholine rings is 1. The summed E-state index contributed by atoms with van der Waals surface area (Å²) >= 11 is 0. The van der Waals surface area contributed by atoms with Crippen LogP contribution in [0.25, 0.3) is 0 Å². The van der Waals surface area contributed by atoms with Crippen LogP contribution in [-0.2, 0) is 16.0 Å². The number of carboxylic acids is 1. The Bertz CT molecular complexity index is 1150. The van der Waals surface area contributed by atoms with Crippen LogP contribution in [0.1, 0.15) is 69.2 Å². The lowest BCUT2D eigenvalue weighted by molar-refractivity contribution is -0.152. The van der Waals surface area contributed by atoms with Gasteiger partial charge in [-0.1, -0.05) is 30.3 Å². The molecule has 1 saturated heterocycles. The van der Waals surface area contributed by atoms with E-state index in [9.17, 15) is 14.7 Å². The van der Waals surface area contributed by atoms with Crippen molar-refractivity contribution < 1.29 is 28.9 Å². The molecule has 2 aromatic rings. The molecule has 1 atom stereocenters. The first kappa shape index (κ1) is 31.6. The van der Waals surface area contributed by atoms with Crippen molar-refractivity contribution in [1.82, 2.24) is 15.1 Å². The number of carbonyl (C=O) groups excluding carboxylic acids is 1. The molecule has 230 valence electrons. The van der Waals surface area contributed by atoms with Gasteiger partial charge in [0.25, 0.3) is 0 Å². The third kappa shape index (κ3) is 7.55. The number of hydrogen-bond acceptors (Lipinski definition) is 6. The number of carbonyl (C=O) groups is 2. The van der Waals surface area contributed by atoms with Crippen molar-refractivity contribution in [3.8, 4) is 11.5 Å². The maximum Gasteiger partial charge on any atom is 0.329 e. The average molecular weight is 582 g/mol. The van der Waals surface area contributed by atoms with Gasteiger partial charge in [-0.15, -0.1) is 0 Å². The zero-order chi connectivity index (χ0) is 30.1. The van der Waals surface area contributed by atoms with Gasteiger partial charge in [0, 0.05) is 31.2 Å². The van der Waals surface area contributed by atoms with Crippen LogP contribution in [0, 0.1) is 6.92 Å². The second-order valence-electron chi connectivity index (χ2n) is 11.3. The Morgan fingerprint density at radius 3 is 2.26 bits per heavy atom. The number of ether oxygens (including phenoxy) is 3. The van der Waals surface area contributed by atoms with E-state index in [1.165, 1.54) is 5.56 Å². The average Bonchev–Trinajstić information content (AvgIpc) is 2.97. The molecule has 0 aromatic heterocycles. The van der Waals surface area contributed by atoms with E-state index in [0.717, 1.165) is 55.0 Å². The minimum atomic E-state index is -1.28. The van der Waals surface area contributed by atoms with Gasteiger partial charge in [0.05, 0.1) is 32.5 Å². The van der Waals surface area contributed by atoms with Crippen LogP contribution in [0.15, 0.2) is 42.5 Å². The number of rotatable bonds is 14. The Kier molecular flexibility index (Phi) is 11.1. The Hall–Kier alpha value is -3.30. The molecular weight excluding hydrogens is 534 g/mol. The van der Waals surface area contributed by atoms with Crippen LogP contribution in [0.4, 0.5) is 4.79 Å². The van der Waals surface area contributed by atoms with Crippen molar-refractivity contribution in [2.75, 3.05) is 46.1 Å². The van der Waals surface area contributed by atoms with Crippen molar-refractivity contribution in [3.05, 3.63) is 59.2 Å². The van der Waals surface area contributed by atoms with Gasteiger partial charge in [0.1, 0.15) is 17.0 Å². The molecule has 0 unspecified atom stereocenters. The first-order valence-corrected chi connectivity index (χ1v) is 15.4. The van der Waals surface area contributed by atoms with Gasteiger partial charge in [-0.3, -0.25) is 4.90 Å². The Morgan fingerprint density at radius 1 is 1.07 bits per heavy atom. The highest BCUT2D eigenvalue weighted by Crippen LogP contribution is 2.38. The summed E-state index contributed by atoms with van der Waals surface area (Å²) in [6.45, 7) is 12.2. The van der Waals surface area contributed by atoms with E-state index in [1.807, 2.05) is 58.0 Å². The monoisotopic (exact) mass is 581 g/mol. The third-order valence-electron chi connectivity index (χ3n) is 8.59. The van der Waals surface area contributed by atoms with Crippen LogP contribution < -0.4 is 14.8 Å². The number of nitrogens with one attached hydrogen (secondary N) is 1. The van der Waals surface area contributed by atoms with E-state index >= 15 is 0 Å². The van der Waals surface area contributed by atoms with Gasteiger partial charge in [0.2, 0.25) is 0 Å². The Morgan fingerprint density at radius 2 is 1.69 bits per heavy atom. The molecule has 1 aliphatic heterocycles. The molecule has 4 rings (SSSR count). The molecule has 2 aromatic carbocycles. The molecular formula is C33H47N3O6. The summed E-state index contributed by atoms with van der Waals surface area (Å²) in [5.74, 6) is 0.470. The summed E-state index contributed by atoms with van der Waals surface area (Å²) in [7, 11) is 0. The molecule has 2 fully saturated rings. The van der Waals surface area contributed by atoms with Crippen LogP contribution in [0.2, 0.25) is 0 Å². The predicted octanol–water partition coefficient (Wildman–Crippen LogP) is 5.21. The maximum absolute atomic E-state index is 14.0. The molecule has 2 amide bonds. The van der Waals surface area contributed by atoms with E-state index in [2.05, 4.69) is 22.3 Å². The highest BCUT2D eigenvalue weighted by Gasteiger charge is 2.54. The van der Waals surface area contributed by atoms with Gasteiger partial charge in [-0.25, -0.2) is 9.59 Å². The maximum atomic E-state index is 14.0. The number of hydrogen-bond donors (Lipinski definition) is 2. The Labute approximate surface area is 250 Å². The SMILES string of the molecule is CCOc1cc([C@@H](C)N(CCCCc2ccccc2)C(=O)NC2(C(=O)O)CC(N3CCOCC3)C2)cc(OCC)c1C. The minimum Gasteiger partial charge on any atom is -0.493 e. The van der Waals surface area contributed by atoms with Crippen LogP contribution in [0.3, 0.4) is 0 Å². The quantitative estimate of drug-likeness (QED) is 0.296. The number of unbranched alkanes of at least 4 members (excludes halogenated alkanes) is 1. The highest BCUT2D eigenvalue weighted by atomic mass is 16.5. The molecule has 0 radical (unpaired) electrons. The molecule has 42 heavy (non-hydrogen) atoms. The third-order valence-corrected chi connectivity index (χ3v) is 8.59. The van der Waals surface area contributed by atoms with E-state index < -0.39 is 11.5 Å². The second kappa shape index (κ2) is 14.7. The zero-order valence-electron chi connectivity index (χ0n) is 25.6. The number of benzene rings is 2. The number of carboxylic acid groups (broad SMARTS) is 1. The summed E-state index contributed by atoms with van der Waals surface area (Å²) in [6, 6.07) is 13.7. The summed E-state index contributed by atoms with van der Waals surface area (Å²) in [4.78, 5) is 30.5. The number of urea groups is 1. The van der Waals surface area contributed by atoms with Crippen molar-refractivity contribution in [2.45, 2.75) is 77.4 Å². The number of aliphatic carboxylic acids is 1. The van der Waals surface area contributed by atoms with E-state index in [0.29, 0.717) is 45.8 Å². The second-order valence-corrected chi connectivity index (χ2v) is 11.3. The van der Waals surface area contributed by atoms with E-state index in [1.54, 1.807) is 4.90 Å². The smallest absolute Gasteiger partial charge is 0.329 e. The molecule has 2 N–H and O–H groups in total. The van der Waals surface area contributed by atoms with Gasteiger partial charge in [-0.2, -0.15) is 0 Å². The van der Waals surface area contributed by atoms with Gasteiger partial charge < -0.3 is 29.5 Å². The minimum absolute atomic E-state index is 0.127. The van der Waals surface area contributed by atoms with Crippen LogP contribution in [0.5, 0.6) is 11.5 Å². The number of amides is 2. The summed E-state index contributed by atoms with van der Waals surface area (Å²) in [5.41, 5.74) is 1.79. The molecule has 9 nitrogen and oxygen atoms in total. The topological polar surface area (TPSA) is 101 Å². The van der Waals surface area contributed by atoms with Crippen molar-refractivity contribution in [1.29, 1.82) is 0 Å². The van der Waals surface area contributed by atoms with Gasteiger partial charge >= 0.3 is 12.0 Å². The van der Waals surface area contributed by atoms with Gasteiger partial charge in [-0.05, 0) is 83.1 Å². The molecule has 2 aliphatic rings. The summed E-state index contributed by atoms with van der Waals surface area (Å²) in [5, 5.41) is 13.2. The highest BCUT2D eigenvalue weighted by molar-refractivity contribution is 5.87. The molecule has 0 spiro atoms. The molecule has 9 heteroatoms. The predicted molar refractivity (Wildman–Crippen MR) is 162 cm³/mol. The lowest BCUT2D eigenvalue weighted by Gasteiger charge is -2.50. The first-order chi connectivity index (χ1) is 20.3. The lowest BCUT2D eigenvalue weighted by Crippen LogP contribution is -2.69. The van der Waals surface area contributed by atoms with Crippen LogP contribution >= 0.6 is 0 Å². The molecule has 1 aliphatic carbocycles. The fraction of sp³-hybridized carbons (Fsp3) is 0.576. The van der Waals surface area contributed by atoms with Crippen LogP contribution in [-0.4, -0.2) is 84.5 Å². The Balaban J connectivity index is 1.53. The molecule has 0 bridgehead atoms. The fourth-order valence-electron chi connectivity index (χ4n) is 5.99. The zero-order valence-corrected chi connectivity index (χ0v) is 25.6. The summed E-state index contributed by atoms with van der Waals surface area (Å²) in [6.07, 6.45) is 3.38. The fourth-order valence-corrected chi connectivity index (χ4v) is 5.99. The van der Waals surface area contributed by atoms with Crippen molar-refractivity contribution in [2.24, 2.45) is 0 Å². The van der Waals surface area contributed by atoms with Gasteiger partial charge in [0.15, 0.2) is 0 Å². The molecule has 1 saturated carbocycles. The largest absolute Gasteiger partial charge is 0.493 e. The molecule has 1 heterocycles. The van der Waals surface area contributed by atoms with E-state index in [4.69, 9.17) is 14.2 Å². The van der Waals surface area contributed by atoms with Crippen molar-refractivity contribution >= 4 is 12.0 Å².